The van der Waals surface area contributed by atoms with Crippen LogP contribution < -0.4 is 0 Å². The SMILES string of the molecule is O=C(CCc1ccccc1Cl)N1C[C@@]2(C(=O)O)C[C@@]2(C(=O)O)C1. The summed E-state index contributed by atoms with van der Waals surface area (Å²) in [6.45, 7) is -0.0635. The minimum absolute atomic E-state index is 0.0318. The first-order chi connectivity index (χ1) is 10.8. The van der Waals surface area contributed by atoms with Gasteiger partial charge in [-0.3, -0.25) is 14.4 Å². The number of likely N-dealkylation sites (tertiary alicyclic amines) is 1. The minimum atomic E-state index is -1.32. The molecule has 2 fully saturated rings. The van der Waals surface area contributed by atoms with Crippen molar-refractivity contribution < 1.29 is 24.6 Å². The Morgan fingerprint density at radius 2 is 1.65 bits per heavy atom. The number of hydrogen-bond acceptors (Lipinski definition) is 3. The second kappa shape index (κ2) is 5.23. The van der Waals surface area contributed by atoms with E-state index in [4.69, 9.17) is 11.6 Å². The van der Waals surface area contributed by atoms with Gasteiger partial charge in [0.25, 0.3) is 0 Å². The van der Waals surface area contributed by atoms with E-state index < -0.39 is 22.8 Å². The standard InChI is InChI=1S/C16H16ClNO5/c17-11-4-2-1-3-10(11)5-6-12(19)18-8-15(13(20)21)7-16(15,9-18)14(22)23/h1-4H,5-9H2,(H,20,21)(H,22,23)/t15-,16+. The van der Waals surface area contributed by atoms with Crippen LogP contribution in [0.2, 0.25) is 5.02 Å². The number of aliphatic carboxylic acids is 2. The molecule has 23 heavy (non-hydrogen) atoms. The number of carbonyl (C=O) groups is 3. The van der Waals surface area contributed by atoms with Gasteiger partial charge < -0.3 is 15.1 Å². The predicted molar refractivity (Wildman–Crippen MR) is 81.1 cm³/mol. The molecule has 0 bridgehead atoms. The van der Waals surface area contributed by atoms with Gasteiger partial charge in [0.2, 0.25) is 5.91 Å². The third kappa shape index (κ3) is 2.28. The molecule has 3 rings (SSSR count). The van der Waals surface area contributed by atoms with Crippen LogP contribution in [0.4, 0.5) is 0 Å². The van der Waals surface area contributed by atoms with Crippen molar-refractivity contribution in [3.63, 3.8) is 0 Å². The molecule has 6 nitrogen and oxygen atoms in total. The maximum Gasteiger partial charge on any atom is 0.312 e. The maximum atomic E-state index is 12.3. The molecule has 122 valence electrons. The third-order valence-corrected chi connectivity index (χ3v) is 5.42. The van der Waals surface area contributed by atoms with E-state index >= 15 is 0 Å². The Kier molecular flexibility index (Phi) is 3.59. The zero-order valence-corrected chi connectivity index (χ0v) is 13.0. The topological polar surface area (TPSA) is 94.9 Å². The number of hydrogen-bond donors (Lipinski definition) is 2. The van der Waals surface area contributed by atoms with Crippen LogP contribution in [0.3, 0.4) is 0 Å². The summed E-state index contributed by atoms with van der Waals surface area (Å²) in [5, 5.41) is 19.3. The average Bonchev–Trinajstić information content (AvgIpc) is 3.05. The monoisotopic (exact) mass is 337 g/mol. The van der Waals surface area contributed by atoms with Crippen LogP contribution in [0, 0.1) is 10.8 Å². The Hall–Kier alpha value is -2.08. The van der Waals surface area contributed by atoms with Crippen LogP contribution >= 0.6 is 11.6 Å². The van der Waals surface area contributed by atoms with Crippen LogP contribution in [0.1, 0.15) is 18.4 Å². The fraction of sp³-hybridized carbons (Fsp3) is 0.438. The van der Waals surface area contributed by atoms with Gasteiger partial charge in [0.1, 0.15) is 10.8 Å². The molecule has 7 heteroatoms. The van der Waals surface area contributed by atoms with Gasteiger partial charge in [-0.25, -0.2) is 0 Å². The number of nitrogens with zero attached hydrogens (tertiary/aromatic N) is 1. The Bertz CT molecular complexity index is 677. The summed E-state index contributed by atoms with van der Waals surface area (Å²) in [4.78, 5) is 36.6. The number of benzene rings is 1. The van der Waals surface area contributed by atoms with Gasteiger partial charge in [-0.2, -0.15) is 0 Å². The first kappa shape index (κ1) is 15.8. The predicted octanol–water partition coefficient (Wildman–Crippen LogP) is 1.66. The van der Waals surface area contributed by atoms with E-state index in [0.29, 0.717) is 11.4 Å². The Labute approximate surface area is 137 Å². The molecule has 1 aliphatic heterocycles. The lowest BCUT2D eigenvalue weighted by molar-refractivity contribution is -0.151. The van der Waals surface area contributed by atoms with Crippen molar-refractivity contribution in [2.24, 2.45) is 10.8 Å². The highest BCUT2D eigenvalue weighted by molar-refractivity contribution is 6.31. The van der Waals surface area contributed by atoms with E-state index in [0.717, 1.165) is 5.56 Å². The summed E-state index contributed by atoms with van der Waals surface area (Å²) >= 11 is 6.04. The van der Waals surface area contributed by atoms with E-state index in [1.54, 1.807) is 12.1 Å². The summed E-state index contributed by atoms with van der Waals surface area (Å²) in [5.41, 5.74) is -1.80. The fourth-order valence-corrected chi connectivity index (χ4v) is 3.80. The lowest BCUT2D eigenvalue weighted by Crippen LogP contribution is -2.34. The fourth-order valence-electron chi connectivity index (χ4n) is 3.57. The molecule has 1 saturated carbocycles. The van der Waals surface area contributed by atoms with Crippen molar-refractivity contribution in [3.05, 3.63) is 34.9 Å². The highest BCUT2D eigenvalue weighted by Crippen LogP contribution is 2.68. The molecule has 2 N–H and O–H groups in total. The number of fused-ring (bicyclic) bond motifs is 1. The summed E-state index contributed by atoms with van der Waals surface area (Å²) in [6, 6.07) is 7.20. The van der Waals surface area contributed by atoms with E-state index in [1.807, 2.05) is 12.1 Å². The second-order valence-electron chi connectivity index (χ2n) is 6.29. The van der Waals surface area contributed by atoms with E-state index in [-0.39, 0.29) is 31.8 Å². The van der Waals surface area contributed by atoms with Crippen LogP contribution in [0.25, 0.3) is 0 Å². The zero-order chi connectivity index (χ0) is 16.8. The molecule has 1 aromatic carbocycles. The van der Waals surface area contributed by atoms with Gasteiger partial charge in [0.05, 0.1) is 0 Å². The molecule has 0 spiro atoms. The first-order valence-electron chi connectivity index (χ1n) is 7.30. The lowest BCUT2D eigenvalue weighted by Gasteiger charge is -2.20. The largest absolute Gasteiger partial charge is 0.481 e. The van der Waals surface area contributed by atoms with Crippen molar-refractivity contribution >= 4 is 29.4 Å². The number of halogens is 1. The van der Waals surface area contributed by atoms with Crippen molar-refractivity contribution in [1.29, 1.82) is 0 Å². The number of rotatable bonds is 5. The maximum absolute atomic E-state index is 12.3. The smallest absolute Gasteiger partial charge is 0.312 e. The summed E-state index contributed by atoms with van der Waals surface area (Å²) in [5.74, 6) is -2.51. The van der Waals surface area contributed by atoms with Crippen LogP contribution in [-0.2, 0) is 20.8 Å². The van der Waals surface area contributed by atoms with Gasteiger partial charge in [-0.15, -0.1) is 0 Å². The molecule has 1 saturated heterocycles. The lowest BCUT2D eigenvalue weighted by atomic mass is 9.97. The van der Waals surface area contributed by atoms with Crippen molar-refractivity contribution in [3.8, 4) is 0 Å². The molecular weight excluding hydrogens is 322 g/mol. The van der Waals surface area contributed by atoms with Gasteiger partial charge in [-0.1, -0.05) is 29.8 Å². The minimum Gasteiger partial charge on any atom is -0.481 e. The summed E-state index contributed by atoms with van der Waals surface area (Å²) in [7, 11) is 0. The van der Waals surface area contributed by atoms with Crippen LogP contribution in [0.5, 0.6) is 0 Å². The molecular formula is C16H16ClNO5. The molecule has 0 radical (unpaired) electrons. The number of carboxylic acids is 2. The summed E-state index contributed by atoms with van der Waals surface area (Å²) in [6.07, 6.45) is 0.712. The van der Waals surface area contributed by atoms with Crippen LogP contribution in [0.15, 0.2) is 24.3 Å². The van der Waals surface area contributed by atoms with Gasteiger partial charge in [0.15, 0.2) is 0 Å². The van der Waals surface area contributed by atoms with Gasteiger partial charge in [-0.05, 0) is 24.5 Å². The number of carboxylic acid groups (broad SMARTS) is 2. The van der Waals surface area contributed by atoms with E-state index in [9.17, 15) is 24.6 Å². The highest BCUT2D eigenvalue weighted by Gasteiger charge is 2.81. The molecule has 1 aromatic rings. The molecule has 0 unspecified atom stereocenters. The van der Waals surface area contributed by atoms with E-state index in [1.165, 1.54) is 4.90 Å². The Balaban J connectivity index is 1.67. The normalized spacial score (nSPS) is 28.3. The molecule has 0 aromatic heterocycles. The Morgan fingerprint density at radius 3 is 2.17 bits per heavy atom. The zero-order valence-electron chi connectivity index (χ0n) is 12.3. The number of carbonyl (C=O) groups excluding carboxylic acids is 1. The molecule has 2 atom stereocenters. The van der Waals surface area contributed by atoms with Crippen molar-refractivity contribution in [2.45, 2.75) is 19.3 Å². The molecule has 2 aliphatic rings. The van der Waals surface area contributed by atoms with Gasteiger partial charge in [0, 0.05) is 24.5 Å². The first-order valence-corrected chi connectivity index (χ1v) is 7.68. The Morgan fingerprint density at radius 1 is 1.09 bits per heavy atom. The van der Waals surface area contributed by atoms with Gasteiger partial charge >= 0.3 is 11.9 Å². The third-order valence-electron chi connectivity index (χ3n) is 5.05. The number of aryl methyl sites for hydroxylation is 1. The molecule has 1 aliphatic carbocycles. The molecule has 1 amide bonds. The van der Waals surface area contributed by atoms with E-state index in [2.05, 4.69) is 0 Å². The number of amides is 1. The number of piperidine rings is 1. The quantitative estimate of drug-likeness (QED) is 0.852. The summed E-state index contributed by atoms with van der Waals surface area (Å²) < 4.78 is 0. The van der Waals surface area contributed by atoms with Crippen molar-refractivity contribution in [1.82, 2.24) is 4.90 Å². The second-order valence-corrected chi connectivity index (χ2v) is 6.70. The van der Waals surface area contributed by atoms with Crippen LogP contribution in [-0.4, -0.2) is 46.0 Å². The van der Waals surface area contributed by atoms with Crippen molar-refractivity contribution in [2.75, 3.05) is 13.1 Å². The molecule has 1 heterocycles. The average molecular weight is 338 g/mol. The highest BCUT2D eigenvalue weighted by atomic mass is 35.5.